The molecule has 2 heterocycles. The average molecular weight is 513 g/mol. The van der Waals surface area contributed by atoms with Crippen LogP contribution in [0.4, 0.5) is 4.39 Å². The Balaban J connectivity index is 1.53. The molecule has 4 rings (SSSR count). The fourth-order valence-electron chi connectivity index (χ4n) is 4.27. The lowest BCUT2D eigenvalue weighted by atomic mass is 10.1. The van der Waals surface area contributed by atoms with Gasteiger partial charge in [-0.05, 0) is 68.1 Å². The van der Waals surface area contributed by atoms with Gasteiger partial charge >= 0.3 is 0 Å². The first-order chi connectivity index (χ1) is 17.5. The van der Waals surface area contributed by atoms with Crippen LogP contribution in [-0.4, -0.2) is 59.3 Å². The number of nitrogens with one attached hydrogen (secondary N) is 2. The summed E-state index contributed by atoms with van der Waals surface area (Å²) in [4.78, 5) is 20.3. The number of halogens is 1. The molecule has 0 atom stereocenters. The maximum absolute atomic E-state index is 13.5. The van der Waals surface area contributed by atoms with E-state index in [4.69, 9.17) is 21.7 Å². The summed E-state index contributed by atoms with van der Waals surface area (Å²) in [6.45, 7) is 9.79. The number of ether oxygens (including phenoxy) is 2. The van der Waals surface area contributed by atoms with Crippen LogP contribution in [0.15, 0.2) is 47.3 Å². The molecule has 2 N–H and O–H groups in total. The molecule has 0 bridgehead atoms. The van der Waals surface area contributed by atoms with Gasteiger partial charge in [-0.2, -0.15) is 0 Å². The first-order valence-electron chi connectivity index (χ1n) is 12.4. The highest BCUT2D eigenvalue weighted by Gasteiger charge is 2.17. The molecular formula is C27H33FN4O3S. The largest absolute Gasteiger partial charge is 0.486 e. The van der Waals surface area contributed by atoms with Crippen molar-refractivity contribution in [2.24, 2.45) is 0 Å². The van der Waals surface area contributed by atoms with E-state index in [2.05, 4.69) is 29.0 Å². The van der Waals surface area contributed by atoms with Gasteiger partial charge in [-0.3, -0.25) is 4.79 Å². The number of aromatic nitrogens is 1. The van der Waals surface area contributed by atoms with Crippen molar-refractivity contribution in [3.63, 3.8) is 0 Å². The molecule has 7 nitrogen and oxygen atoms in total. The van der Waals surface area contributed by atoms with Crippen LogP contribution in [0.5, 0.6) is 11.5 Å². The summed E-state index contributed by atoms with van der Waals surface area (Å²) < 4.78 is 24.8. The molecule has 9 heteroatoms. The van der Waals surface area contributed by atoms with Crippen molar-refractivity contribution in [2.45, 2.75) is 33.4 Å². The summed E-state index contributed by atoms with van der Waals surface area (Å²) in [5.41, 5.74) is 1.98. The molecule has 0 saturated heterocycles. The minimum atomic E-state index is -0.289. The van der Waals surface area contributed by atoms with Gasteiger partial charge in [0.2, 0.25) is 0 Å². The molecule has 1 aliphatic heterocycles. The summed E-state index contributed by atoms with van der Waals surface area (Å²) in [6, 6.07) is 11.9. The number of hydrogen-bond donors (Lipinski definition) is 2. The number of pyridine rings is 1. The number of fused-ring (bicyclic) bond motifs is 2. The van der Waals surface area contributed by atoms with Crippen molar-refractivity contribution in [2.75, 3.05) is 39.4 Å². The van der Waals surface area contributed by atoms with Crippen LogP contribution in [0.25, 0.3) is 10.9 Å². The summed E-state index contributed by atoms with van der Waals surface area (Å²) in [5, 5.41) is 4.75. The van der Waals surface area contributed by atoms with Gasteiger partial charge in [0.15, 0.2) is 16.6 Å². The molecular weight excluding hydrogens is 479 g/mol. The van der Waals surface area contributed by atoms with Crippen molar-refractivity contribution < 1.29 is 13.9 Å². The molecule has 192 valence electrons. The molecule has 2 aromatic carbocycles. The Morgan fingerprint density at radius 2 is 1.75 bits per heavy atom. The van der Waals surface area contributed by atoms with E-state index in [-0.39, 0.29) is 11.4 Å². The van der Waals surface area contributed by atoms with E-state index < -0.39 is 0 Å². The molecule has 1 aromatic heterocycles. The molecule has 0 radical (unpaired) electrons. The second-order valence-electron chi connectivity index (χ2n) is 8.80. The van der Waals surface area contributed by atoms with Gasteiger partial charge in [-0.1, -0.05) is 26.0 Å². The molecule has 0 amide bonds. The number of rotatable bonds is 10. The van der Waals surface area contributed by atoms with Gasteiger partial charge in [-0.25, -0.2) is 4.39 Å². The molecule has 0 spiro atoms. The van der Waals surface area contributed by atoms with Crippen LogP contribution in [0, 0.1) is 5.82 Å². The molecule has 0 unspecified atom stereocenters. The molecule has 3 aromatic rings. The van der Waals surface area contributed by atoms with E-state index in [9.17, 15) is 9.18 Å². The van der Waals surface area contributed by atoms with Crippen molar-refractivity contribution in [1.29, 1.82) is 0 Å². The molecule has 1 aliphatic rings. The average Bonchev–Trinajstić information content (AvgIpc) is 2.88. The second kappa shape index (κ2) is 12.2. The first kappa shape index (κ1) is 25.9. The van der Waals surface area contributed by atoms with Crippen molar-refractivity contribution in [1.82, 2.24) is 20.1 Å². The monoisotopic (exact) mass is 512 g/mol. The third kappa shape index (κ3) is 6.53. The van der Waals surface area contributed by atoms with Crippen LogP contribution < -0.4 is 20.3 Å². The number of H-pyrrole nitrogens is 1. The van der Waals surface area contributed by atoms with E-state index >= 15 is 0 Å². The third-order valence-electron chi connectivity index (χ3n) is 6.34. The highest BCUT2D eigenvalue weighted by molar-refractivity contribution is 7.80. The second-order valence-corrected chi connectivity index (χ2v) is 9.19. The number of hydrogen-bond acceptors (Lipinski definition) is 5. The summed E-state index contributed by atoms with van der Waals surface area (Å²) >= 11 is 5.73. The Labute approximate surface area is 216 Å². The number of benzene rings is 2. The van der Waals surface area contributed by atoms with E-state index in [0.717, 1.165) is 43.5 Å². The first-order valence-corrected chi connectivity index (χ1v) is 12.8. The van der Waals surface area contributed by atoms with Crippen LogP contribution in [0.1, 0.15) is 31.4 Å². The topological polar surface area (TPSA) is 69.8 Å². The molecule has 0 aliphatic carbocycles. The highest BCUT2D eigenvalue weighted by Crippen LogP contribution is 2.33. The van der Waals surface area contributed by atoms with Crippen molar-refractivity contribution in [3.05, 3.63) is 69.8 Å². The Morgan fingerprint density at radius 3 is 2.44 bits per heavy atom. The minimum Gasteiger partial charge on any atom is -0.486 e. The predicted octanol–water partition coefficient (Wildman–Crippen LogP) is 4.05. The Kier molecular flexibility index (Phi) is 8.77. The van der Waals surface area contributed by atoms with Crippen LogP contribution in [0.3, 0.4) is 0 Å². The number of thiocarbonyl (C=S) groups is 1. The van der Waals surface area contributed by atoms with Gasteiger partial charge in [0.25, 0.3) is 5.56 Å². The Morgan fingerprint density at radius 1 is 1.06 bits per heavy atom. The normalized spacial score (nSPS) is 12.7. The summed E-state index contributed by atoms with van der Waals surface area (Å²) in [5.74, 6) is 1.01. The Hall–Kier alpha value is -3.17. The zero-order valence-electron chi connectivity index (χ0n) is 20.8. The van der Waals surface area contributed by atoms with Gasteiger partial charge in [0.05, 0.1) is 12.1 Å². The Bertz CT molecular complexity index is 1240. The van der Waals surface area contributed by atoms with Gasteiger partial charge < -0.3 is 29.6 Å². The van der Waals surface area contributed by atoms with Gasteiger partial charge in [0, 0.05) is 30.1 Å². The fraction of sp³-hybridized carbons (Fsp3) is 0.407. The predicted molar refractivity (Wildman–Crippen MR) is 144 cm³/mol. The third-order valence-corrected chi connectivity index (χ3v) is 6.74. The molecule has 36 heavy (non-hydrogen) atoms. The van der Waals surface area contributed by atoms with Gasteiger partial charge in [-0.15, -0.1) is 0 Å². The quantitative estimate of drug-likeness (QED) is 0.314. The fourth-order valence-corrected chi connectivity index (χ4v) is 4.50. The smallest absolute Gasteiger partial charge is 0.253 e. The van der Waals surface area contributed by atoms with Crippen molar-refractivity contribution in [3.8, 4) is 11.5 Å². The number of nitrogens with zero attached hydrogens (tertiary/aromatic N) is 2. The SMILES string of the molecule is CCN(CC)CCCNC(=S)N(Cc1ccc(F)cc1)Cc1cc2cc3c(cc2[nH]c1=O)OCCO3. The molecule has 0 saturated carbocycles. The lowest BCUT2D eigenvalue weighted by Gasteiger charge is -2.26. The zero-order chi connectivity index (χ0) is 25.5. The number of aromatic amines is 1. The maximum Gasteiger partial charge on any atom is 0.253 e. The van der Waals surface area contributed by atoms with E-state index in [1.807, 2.05) is 17.0 Å². The van der Waals surface area contributed by atoms with Crippen molar-refractivity contribution >= 4 is 28.2 Å². The van der Waals surface area contributed by atoms with E-state index in [0.29, 0.717) is 54.0 Å². The van der Waals surface area contributed by atoms with Crippen LogP contribution in [-0.2, 0) is 13.1 Å². The standard InChI is InChI=1S/C27H33FN4O3S/c1-3-31(4-2)11-5-10-29-27(36)32(17-19-6-8-22(28)9-7-19)18-21-14-20-15-24-25(35-13-12-34-24)16-23(20)30-26(21)33/h6-9,14-16H,3-5,10-13,17-18H2,1-2H3,(H,29,36)(H,30,33). The summed E-state index contributed by atoms with van der Waals surface area (Å²) in [7, 11) is 0. The van der Waals surface area contributed by atoms with Gasteiger partial charge in [0.1, 0.15) is 19.0 Å². The van der Waals surface area contributed by atoms with E-state index in [1.165, 1.54) is 12.1 Å². The van der Waals surface area contributed by atoms with Crippen LogP contribution >= 0.6 is 12.2 Å². The lowest BCUT2D eigenvalue weighted by Crippen LogP contribution is -2.41. The lowest BCUT2D eigenvalue weighted by molar-refractivity contribution is 0.172. The minimum absolute atomic E-state index is 0.187. The summed E-state index contributed by atoms with van der Waals surface area (Å²) in [6.07, 6.45) is 0.954. The van der Waals surface area contributed by atoms with Crippen LogP contribution in [0.2, 0.25) is 0 Å². The molecule has 0 fully saturated rings. The zero-order valence-corrected chi connectivity index (χ0v) is 21.6. The van der Waals surface area contributed by atoms with E-state index in [1.54, 1.807) is 18.2 Å². The highest BCUT2D eigenvalue weighted by atomic mass is 32.1. The maximum atomic E-state index is 13.5.